The summed E-state index contributed by atoms with van der Waals surface area (Å²) >= 11 is 0. The van der Waals surface area contributed by atoms with Crippen LogP contribution in [0.1, 0.15) is 36.1 Å². The van der Waals surface area contributed by atoms with Crippen LogP contribution in [-0.2, 0) is 6.42 Å². The summed E-state index contributed by atoms with van der Waals surface area (Å²) < 4.78 is 7.05. The summed E-state index contributed by atoms with van der Waals surface area (Å²) in [6.45, 7) is 3.89. The van der Waals surface area contributed by atoms with Gasteiger partial charge in [-0.2, -0.15) is 4.52 Å². The van der Waals surface area contributed by atoms with E-state index in [-0.39, 0.29) is 5.56 Å². The van der Waals surface area contributed by atoms with E-state index in [1.165, 1.54) is 6.42 Å². The lowest BCUT2D eigenvalue weighted by Crippen LogP contribution is -2.30. The Labute approximate surface area is 199 Å². The van der Waals surface area contributed by atoms with Crippen molar-refractivity contribution in [2.45, 2.75) is 32.6 Å². The Morgan fingerprint density at radius 3 is 2.56 bits per heavy atom. The number of H-pyrrole nitrogens is 1. The van der Waals surface area contributed by atoms with E-state index in [1.54, 1.807) is 11.6 Å². The van der Waals surface area contributed by atoms with E-state index in [9.17, 15) is 4.79 Å². The number of aryl methyl sites for hydroxylation is 1. The lowest BCUT2D eigenvalue weighted by Gasteiger charge is -2.28. The van der Waals surface area contributed by atoms with E-state index in [4.69, 9.17) is 9.72 Å². The predicted molar refractivity (Wildman–Crippen MR) is 137 cm³/mol. The number of aromatic amines is 1. The van der Waals surface area contributed by atoms with E-state index in [2.05, 4.69) is 27.4 Å². The van der Waals surface area contributed by atoms with Gasteiger partial charge < -0.3 is 15.0 Å². The quantitative estimate of drug-likeness (QED) is 0.442. The Morgan fingerprint density at radius 2 is 1.85 bits per heavy atom. The first-order chi connectivity index (χ1) is 16.6. The molecule has 0 aliphatic carbocycles. The van der Waals surface area contributed by atoms with Crippen LogP contribution >= 0.6 is 0 Å². The van der Waals surface area contributed by atoms with Crippen LogP contribution in [0.4, 0.5) is 11.4 Å². The number of nitrogens with one attached hydrogen (secondary N) is 2. The highest BCUT2D eigenvalue weighted by atomic mass is 16.5. The molecule has 0 spiro atoms. The van der Waals surface area contributed by atoms with Crippen molar-refractivity contribution in [1.82, 2.24) is 14.6 Å². The van der Waals surface area contributed by atoms with Crippen LogP contribution in [0.5, 0.6) is 5.75 Å². The van der Waals surface area contributed by atoms with E-state index in [1.807, 2.05) is 50.4 Å². The first kappa shape index (κ1) is 22.1. The number of ether oxygens (including phenoxy) is 1. The van der Waals surface area contributed by atoms with Crippen LogP contribution in [-0.4, -0.2) is 41.8 Å². The molecule has 0 saturated carbocycles. The van der Waals surface area contributed by atoms with Crippen molar-refractivity contribution in [3.8, 4) is 17.0 Å². The summed E-state index contributed by atoms with van der Waals surface area (Å²) in [4.78, 5) is 21.1. The minimum Gasteiger partial charge on any atom is -0.495 e. The largest absolute Gasteiger partial charge is 0.495 e. The maximum atomic E-state index is 13.7. The van der Waals surface area contributed by atoms with Gasteiger partial charge in [-0.3, -0.25) is 9.89 Å². The molecule has 5 rings (SSSR count). The maximum absolute atomic E-state index is 13.7. The molecule has 0 unspecified atom stereocenters. The molecule has 1 aliphatic rings. The zero-order valence-electron chi connectivity index (χ0n) is 20.0. The number of methoxy groups -OCH3 is 1. The van der Waals surface area contributed by atoms with Crippen molar-refractivity contribution in [1.29, 1.82) is 0 Å². The molecule has 7 nitrogen and oxygen atoms in total. The minimum absolute atomic E-state index is 0.0511. The summed E-state index contributed by atoms with van der Waals surface area (Å²) in [5.74, 6) is 0.774. The van der Waals surface area contributed by atoms with Gasteiger partial charge in [0.1, 0.15) is 11.4 Å². The van der Waals surface area contributed by atoms with Crippen LogP contribution in [0.3, 0.4) is 0 Å². The van der Waals surface area contributed by atoms with Crippen LogP contribution < -0.4 is 20.5 Å². The van der Waals surface area contributed by atoms with E-state index >= 15 is 0 Å². The van der Waals surface area contributed by atoms with Gasteiger partial charge in [-0.15, -0.1) is 0 Å². The van der Waals surface area contributed by atoms with Gasteiger partial charge in [0, 0.05) is 43.4 Å². The van der Waals surface area contributed by atoms with Crippen LogP contribution in [0.2, 0.25) is 0 Å². The van der Waals surface area contributed by atoms with Gasteiger partial charge in [0.05, 0.1) is 18.5 Å². The number of rotatable bonds is 6. The number of hydrogen-bond acceptors (Lipinski definition) is 5. The third-order valence-corrected chi connectivity index (χ3v) is 6.70. The number of hydrogen-bond donors (Lipinski definition) is 2. The van der Waals surface area contributed by atoms with Gasteiger partial charge in [-0.1, -0.05) is 36.4 Å². The van der Waals surface area contributed by atoms with Gasteiger partial charge >= 0.3 is 0 Å². The molecule has 176 valence electrons. The number of piperidine rings is 1. The SMILES string of the molecule is CNc1cc(Cc2c(C)nc3c(N4CCCCC4)c(-c4ccccc4)[nH]n3c2=O)ccc1OC. The molecule has 0 bridgehead atoms. The van der Waals surface area contributed by atoms with E-state index in [0.717, 1.165) is 65.6 Å². The molecule has 2 N–H and O–H groups in total. The lowest BCUT2D eigenvalue weighted by atomic mass is 10.0. The second-order valence-corrected chi connectivity index (χ2v) is 8.85. The first-order valence-electron chi connectivity index (χ1n) is 11.9. The van der Waals surface area contributed by atoms with Crippen molar-refractivity contribution in [2.75, 3.05) is 37.5 Å². The number of anilines is 2. The number of fused-ring (bicyclic) bond motifs is 1. The summed E-state index contributed by atoms with van der Waals surface area (Å²) in [6, 6.07) is 16.2. The number of nitrogens with zero attached hydrogens (tertiary/aromatic N) is 3. The van der Waals surface area contributed by atoms with Crippen molar-refractivity contribution >= 4 is 17.0 Å². The lowest BCUT2D eigenvalue weighted by molar-refractivity contribution is 0.416. The molecule has 1 saturated heterocycles. The molecule has 1 aliphatic heterocycles. The molecule has 0 radical (unpaired) electrons. The Hall–Kier alpha value is -3.74. The minimum atomic E-state index is -0.0511. The van der Waals surface area contributed by atoms with Crippen LogP contribution in [0.15, 0.2) is 53.3 Å². The van der Waals surface area contributed by atoms with Crippen molar-refractivity contribution in [3.05, 3.63) is 75.7 Å². The Balaban J connectivity index is 1.65. The summed E-state index contributed by atoms with van der Waals surface area (Å²) in [7, 11) is 3.52. The molecule has 34 heavy (non-hydrogen) atoms. The molecule has 4 aromatic rings. The van der Waals surface area contributed by atoms with Gasteiger partial charge in [0.15, 0.2) is 5.65 Å². The number of aromatic nitrogens is 3. The Morgan fingerprint density at radius 1 is 1.09 bits per heavy atom. The summed E-state index contributed by atoms with van der Waals surface area (Å²) in [5.41, 5.74) is 7.07. The highest BCUT2D eigenvalue weighted by Crippen LogP contribution is 2.35. The normalized spacial score (nSPS) is 13.9. The molecule has 2 aromatic carbocycles. The molecule has 2 aromatic heterocycles. The molecule has 0 atom stereocenters. The fourth-order valence-corrected chi connectivity index (χ4v) is 4.89. The van der Waals surface area contributed by atoms with Gasteiger partial charge in [-0.05, 0) is 43.9 Å². The van der Waals surface area contributed by atoms with Gasteiger partial charge in [0.2, 0.25) is 0 Å². The smallest absolute Gasteiger partial charge is 0.276 e. The third kappa shape index (κ3) is 3.91. The van der Waals surface area contributed by atoms with Gasteiger partial charge in [0.25, 0.3) is 5.56 Å². The molecule has 3 heterocycles. The predicted octanol–water partition coefficient (Wildman–Crippen LogP) is 4.63. The zero-order valence-corrected chi connectivity index (χ0v) is 20.0. The second kappa shape index (κ2) is 9.25. The van der Waals surface area contributed by atoms with Gasteiger partial charge in [-0.25, -0.2) is 4.98 Å². The average Bonchev–Trinajstić information content (AvgIpc) is 3.27. The van der Waals surface area contributed by atoms with E-state index < -0.39 is 0 Å². The summed E-state index contributed by atoms with van der Waals surface area (Å²) in [6.07, 6.45) is 4.04. The summed E-state index contributed by atoms with van der Waals surface area (Å²) in [5, 5.41) is 6.57. The molecule has 0 amide bonds. The van der Waals surface area contributed by atoms with Crippen molar-refractivity contribution in [2.24, 2.45) is 0 Å². The Kier molecular flexibility index (Phi) is 6.01. The standard InChI is InChI=1S/C27H31N5O2/c1-18-21(16-19-12-13-23(34-3)22(17-19)28-2)27(33)32-26(29-18)25(31-14-8-5-9-15-31)24(30-32)20-10-6-4-7-11-20/h4,6-7,10-13,17,28,30H,5,8-9,14-16H2,1-3H3. The Bertz CT molecular complexity index is 1370. The number of benzene rings is 2. The second-order valence-electron chi connectivity index (χ2n) is 8.85. The van der Waals surface area contributed by atoms with Crippen LogP contribution in [0.25, 0.3) is 16.9 Å². The third-order valence-electron chi connectivity index (χ3n) is 6.70. The van der Waals surface area contributed by atoms with Crippen molar-refractivity contribution < 1.29 is 4.74 Å². The first-order valence-corrected chi connectivity index (χ1v) is 11.9. The highest BCUT2D eigenvalue weighted by Gasteiger charge is 2.24. The molecular formula is C27H31N5O2. The maximum Gasteiger partial charge on any atom is 0.276 e. The topological polar surface area (TPSA) is 74.7 Å². The fourth-order valence-electron chi connectivity index (χ4n) is 4.89. The van der Waals surface area contributed by atoms with Crippen LogP contribution in [0, 0.1) is 6.92 Å². The fraction of sp³-hybridized carbons (Fsp3) is 0.333. The van der Waals surface area contributed by atoms with E-state index in [0.29, 0.717) is 17.6 Å². The molecule has 7 heteroatoms. The van der Waals surface area contributed by atoms with Crippen molar-refractivity contribution in [3.63, 3.8) is 0 Å². The molecule has 1 fully saturated rings. The zero-order chi connectivity index (χ0) is 23.7. The highest BCUT2D eigenvalue weighted by molar-refractivity contribution is 5.86. The molecular weight excluding hydrogens is 426 g/mol. The monoisotopic (exact) mass is 457 g/mol. The average molecular weight is 458 g/mol.